The second-order valence-corrected chi connectivity index (χ2v) is 13.2. The number of carbonyl (C=O) groups is 5. The van der Waals surface area contributed by atoms with Crippen LogP contribution in [0, 0.1) is 0 Å². The summed E-state index contributed by atoms with van der Waals surface area (Å²) in [7, 11) is 3.12. The van der Waals surface area contributed by atoms with Crippen LogP contribution >= 0.6 is 0 Å². The number of likely N-dealkylation sites (N-methyl/N-ethyl adjacent to an activating group) is 2. The molecule has 0 aliphatic carbocycles. The third-order valence-corrected chi connectivity index (χ3v) is 8.45. The molecule has 4 aliphatic heterocycles. The number of alkyl carbamates (subject to hydrolysis) is 1. The van der Waals surface area contributed by atoms with Crippen molar-refractivity contribution >= 4 is 29.7 Å². The molecule has 0 spiro atoms. The number of carbonyl (C=O) groups excluding carboxylic acids is 5. The number of nitrogens with zero attached hydrogens (tertiary/aromatic N) is 4. The van der Waals surface area contributed by atoms with Gasteiger partial charge in [-0.1, -0.05) is 0 Å². The predicted molar refractivity (Wildman–Crippen MR) is 167 cm³/mol. The Labute approximate surface area is 265 Å². The minimum atomic E-state index is -0.876. The zero-order valence-electron chi connectivity index (χ0n) is 27.2. The number of ether oxygens (including phenoxy) is 2. The average Bonchev–Trinajstić information content (AvgIpc) is 3.64. The Bertz CT molecular complexity index is 1230. The molecule has 2 N–H and O–H groups in total. The molecular weight excluding hydrogens is 580 g/mol. The summed E-state index contributed by atoms with van der Waals surface area (Å²) in [5.41, 5.74) is -0.283. The SMILES string of the molecule is CN1CC(=O)N2C[C@H](NC(=O)OC(C)(C)C)C[C@H]2COc2ccc(cc2)C(=O)N(C)[C@H](C(=O)NCCN2CCCC2)CCC1=O. The minimum absolute atomic E-state index is 0.0279. The summed E-state index contributed by atoms with van der Waals surface area (Å²) in [6, 6.07) is 5.04. The number of rotatable bonds is 5. The molecule has 5 rings (SSSR count). The first kappa shape index (κ1) is 34.0. The monoisotopic (exact) mass is 628 g/mol. The fourth-order valence-electron chi connectivity index (χ4n) is 5.99. The molecule has 13 heteroatoms. The lowest BCUT2D eigenvalue weighted by Gasteiger charge is -2.29. The molecule has 45 heavy (non-hydrogen) atoms. The molecule has 4 heterocycles. The van der Waals surface area contributed by atoms with Gasteiger partial charge in [0.2, 0.25) is 17.7 Å². The molecule has 4 aliphatic rings. The van der Waals surface area contributed by atoms with E-state index in [1.54, 1.807) is 64.0 Å². The van der Waals surface area contributed by atoms with Gasteiger partial charge in [-0.25, -0.2) is 4.79 Å². The van der Waals surface area contributed by atoms with Crippen molar-refractivity contribution in [2.45, 2.75) is 76.6 Å². The molecule has 2 bridgehead atoms. The molecular formula is C32H48N6O7. The number of fused-ring (bicyclic) bond motifs is 11. The van der Waals surface area contributed by atoms with Gasteiger partial charge in [0.25, 0.3) is 5.91 Å². The Morgan fingerprint density at radius 2 is 1.71 bits per heavy atom. The van der Waals surface area contributed by atoms with Crippen LogP contribution in [0.2, 0.25) is 0 Å². The zero-order chi connectivity index (χ0) is 32.7. The fourth-order valence-corrected chi connectivity index (χ4v) is 5.99. The molecule has 0 aromatic heterocycles. The molecule has 13 nitrogen and oxygen atoms in total. The Kier molecular flexibility index (Phi) is 11.3. The summed E-state index contributed by atoms with van der Waals surface area (Å²) in [6.07, 6.45) is 2.25. The Morgan fingerprint density at radius 1 is 1.02 bits per heavy atom. The van der Waals surface area contributed by atoms with E-state index in [2.05, 4.69) is 15.5 Å². The molecule has 1 aromatic rings. The number of nitrogens with one attached hydrogen (secondary N) is 2. The van der Waals surface area contributed by atoms with Crippen molar-refractivity contribution in [2.75, 3.05) is 60.0 Å². The van der Waals surface area contributed by atoms with Crippen LogP contribution in [0.15, 0.2) is 24.3 Å². The summed E-state index contributed by atoms with van der Waals surface area (Å²) >= 11 is 0. The topological polar surface area (TPSA) is 141 Å². The summed E-state index contributed by atoms with van der Waals surface area (Å²) in [4.78, 5) is 72.6. The van der Waals surface area contributed by atoms with Gasteiger partial charge in [-0.3, -0.25) is 19.2 Å². The lowest BCUT2D eigenvalue weighted by molar-refractivity contribution is -0.140. The van der Waals surface area contributed by atoms with Crippen molar-refractivity contribution < 1.29 is 33.4 Å². The van der Waals surface area contributed by atoms with Crippen molar-refractivity contribution in [3.8, 4) is 5.75 Å². The van der Waals surface area contributed by atoms with Gasteiger partial charge in [0.05, 0.1) is 18.6 Å². The Morgan fingerprint density at radius 3 is 2.38 bits per heavy atom. The second kappa shape index (κ2) is 14.9. The Balaban J connectivity index is 1.49. The lowest BCUT2D eigenvalue weighted by Crippen LogP contribution is -2.49. The molecule has 3 atom stereocenters. The molecule has 0 saturated carbocycles. The predicted octanol–water partition coefficient (Wildman–Crippen LogP) is 1.46. The quantitative estimate of drug-likeness (QED) is 0.500. The fraction of sp³-hybridized carbons (Fsp3) is 0.656. The normalized spacial score (nSPS) is 23.9. The molecule has 0 radical (unpaired) electrons. The van der Waals surface area contributed by atoms with Gasteiger partial charge in [-0.15, -0.1) is 0 Å². The first-order valence-corrected chi connectivity index (χ1v) is 15.8. The third kappa shape index (κ3) is 9.56. The van der Waals surface area contributed by atoms with Crippen molar-refractivity contribution in [1.82, 2.24) is 30.2 Å². The second-order valence-electron chi connectivity index (χ2n) is 13.2. The molecule has 248 valence electrons. The van der Waals surface area contributed by atoms with E-state index in [0.717, 1.165) is 32.5 Å². The number of benzene rings is 1. The summed E-state index contributed by atoms with van der Waals surface area (Å²) in [5, 5.41) is 5.80. The van der Waals surface area contributed by atoms with Crippen LogP contribution in [0.1, 0.15) is 63.2 Å². The van der Waals surface area contributed by atoms with Crippen LogP contribution in [-0.2, 0) is 19.1 Å². The standard InChI is InChI=1S/C32H48N6O7/c1-32(2,3)45-31(43)34-23-18-24-21-44-25-10-8-22(9-11-25)30(42)36(5)26(29(41)33-14-17-37-15-6-7-16-37)12-13-27(39)35(4)20-28(40)38(24)19-23/h8-11,23-24,26H,6-7,12-21H2,1-5H3,(H,33,41)(H,34,43)/t23-,24+,26+/m1/s1. The van der Waals surface area contributed by atoms with Crippen LogP contribution in [0.4, 0.5) is 4.79 Å². The van der Waals surface area contributed by atoms with Gasteiger partial charge < -0.3 is 39.7 Å². The highest BCUT2D eigenvalue weighted by atomic mass is 16.6. The van der Waals surface area contributed by atoms with Crippen LogP contribution in [-0.4, -0.2) is 133 Å². The van der Waals surface area contributed by atoms with Crippen molar-refractivity contribution in [1.29, 1.82) is 0 Å². The highest BCUT2D eigenvalue weighted by Gasteiger charge is 2.38. The van der Waals surface area contributed by atoms with Gasteiger partial charge in [0.15, 0.2) is 0 Å². The van der Waals surface area contributed by atoms with E-state index in [1.165, 1.54) is 9.80 Å². The van der Waals surface area contributed by atoms with Gasteiger partial charge in [-0.05, 0) is 83.8 Å². The number of likely N-dealkylation sites (tertiary alicyclic amines) is 1. The summed E-state index contributed by atoms with van der Waals surface area (Å²) in [5.74, 6) is -0.755. The maximum Gasteiger partial charge on any atom is 0.407 e. The first-order chi connectivity index (χ1) is 21.3. The number of hydrogen-bond donors (Lipinski definition) is 2. The average molecular weight is 629 g/mol. The summed E-state index contributed by atoms with van der Waals surface area (Å²) in [6.45, 7) is 8.76. The van der Waals surface area contributed by atoms with Crippen molar-refractivity contribution in [2.24, 2.45) is 0 Å². The summed E-state index contributed by atoms with van der Waals surface area (Å²) < 4.78 is 11.4. The van der Waals surface area contributed by atoms with Gasteiger partial charge in [-0.2, -0.15) is 0 Å². The molecule has 1 aromatic carbocycles. The van der Waals surface area contributed by atoms with E-state index < -0.39 is 17.7 Å². The third-order valence-electron chi connectivity index (χ3n) is 8.45. The van der Waals surface area contributed by atoms with Gasteiger partial charge in [0.1, 0.15) is 24.0 Å². The van der Waals surface area contributed by atoms with Crippen LogP contribution in [0.3, 0.4) is 0 Å². The van der Waals surface area contributed by atoms with Crippen molar-refractivity contribution in [3.05, 3.63) is 29.8 Å². The van der Waals surface area contributed by atoms with Gasteiger partial charge >= 0.3 is 6.09 Å². The van der Waals surface area contributed by atoms with E-state index in [-0.39, 0.29) is 68.3 Å². The number of amides is 5. The van der Waals surface area contributed by atoms with E-state index in [0.29, 0.717) is 24.3 Å². The largest absolute Gasteiger partial charge is 0.491 e. The highest BCUT2D eigenvalue weighted by Crippen LogP contribution is 2.23. The Hall–Kier alpha value is -3.87. The molecule has 0 unspecified atom stereocenters. The van der Waals surface area contributed by atoms with Crippen molar-refractivity contribution in [3.63, 3.8) is 0 Å². The van der Waals surface area contributed by atoms with E-state index in [1.807, 2.05) is 0 Å². The lowest BCUT2D eigenvalue weighted by atomic mass is 10.1. The first-order valence-electron chi connectivity index (χ1n) is 15.8. The number of hydrogen-bond acceptors (Lipinski definition) is 8. The highest BCUT2D eigenvalue weighted by molar-refractivity contribution is 5.97. The van der Waals surface area contributed by atoms with Crippen LogP contribution < -0.4 is 15.4 Å². The molecule has 2 fully saturated rings. The van der Waals surface area contributed by atoms with Gasteiger partial charge in [0, 0.05) is 45.7 Å². The zero-order valence-corrected chi connectivity index (χ0v) is 27.2. The maximum absolute atomic E-state index is 13.5. The van der Waals surface area contributed by atoms with E-state index >= 15 is 0 Å². The smallest absolute Gasteiger partial charge is 0.407 e. The minimum Gasteiger partial charge on any atom is -0.491 e. The molecule has 2 saturated heterocycles. The maximum atomic E-state index is 13.5. The van der Waals surface area contributed by atoms with Crippen LogP contribution in [0.25, 0.3) is 0 Å². The van der Waals surface area contributed by atoms with Crippen LogP contribution in [0.5, 0.6) is 5.75 Å². The van der Waals surface area contributed by atoms with E-state index in [9.17, 15) is 24.0 Å². The molecule has 5 amide bonds. The van der Waals surface area contributed by atoms with E-state index in [4.69, 9.17) is 9.47 Å².